The Kier molecular flexibility index (Phi) is 3.08. The lowest BCUT2D eigenvalue weighted by atomic mass is 10.7. The van der Waals surface area contributed by atoms with Crippen LogP contribution in [-0.2, 0) is 10.0 Å². The second-order valence-corrected chi connectivity index (χ2v) is 4.86. The van der Waals surface area contributed by atoms with Gasteiger partial charge in [0.05, 0.1) is 7.11 Å². The molecule has 0 aromatic carbocycles. The highest BCUT2D eigenvalue weighted by Gasteiger charge is 2.20. The molecule has 2 aromatic rings. The first-order valence-corrected chi connectivity index (χ1v) is 6.22. The predicted octanol–water partition coefficient (Wildman–Crippen LogP) is -2.01. The highest BCUT2D eigenvalue weighted by Crippen LogP contribution is 2.09. The Hall–Kier alpha value is -2.63. The molecule has 0 unspecified atom stereocenters. The molecule has 0 spiro atoms. The van der Waals surface area contributed by atoms with Gasteiger partial charge >= 0.3 is 11.7 Å². The third-order valence-corrected chi connectivity index (χ3v) is 3.30. The molecule has 0 aliphatic heterocycles. The van der Waals surface area contributed by atoms with Crippen molar-refractivity contribution in [1.82, 2.24) is 25.1 Å². The molecule has 0 radical (unpaired) electrons. The number of aromatic nitrogens is 5. The minimum Gasteiger partial charge on any atom is -0.466 e. The van der Waals surface area contributed by atoms with Crippen LogP contribution in [0.5, 0.6) is 6.01 Å². The van der Waals surface area contributed by atoms with Gasteiger partial charge in [0.2, 0.25) is 5.95 Å². The highest BCUT2D eigenvalue weighted by atomic mass is 32.2. The number of hydrogen-bond acceptors (Lipinski definition) is 7. The molecule has 0 aliphatic rings. The maximum atomic E-state index is 11.8. The fraction of sp³-hybridized carbons (Fsp3) is 0.143. The van der Waals surface area contributed by atoms with E-state index in [2.05, 4.69) is 19.9 Å². The molecule has 0 amide bonds. The second-order valence-electron chi connectivity index (χ2n) is 3.21. The van der Waals surface area contributed by atoms with Gasteiger partial charge in [0.25, 0.3) is 15.6 Å². The SMILES string of the molecule is COc1n[nH]c(NS(=O)(=O)c2c[nH]c(=O)[nH]c2=O)n1. The largest absolute Gasteiger partial charge is 0.466 e. The molecule has 2 aromatic heterocycles. The van der Waals surface area contributed by atoms with Gasteiger partial charge in [-0.3, -0.25) is 9.78 Å². The number of H-pyrrole nitrogens is 3. The minimum atomic E-state index is -4.21. The summed E-state index contributed by atoms with van der Waals surface area (Å²) in [5.74, 6) is -0.234. The molecular weight excluding hydrogens is 280 g/mol. The third-order valence-electron chi connectivity index (χ3n) is 1.95. The summed E-state index contributed by atoms with van der Waals surface area (Å²) in [5, 5.41) is 5.77. The molecule has 2 rings (SSSR count). The molecule has 0 saturated carbocycles. The lowest BCUT2D eigenvalue weighted by Crippen LogP contribution is -2.29. The zero-order valence-electron chi connectivity index (χ0n) is 9.42. The molecule has 12 heteroatoms. The van der Waals surface area contributed by atoms with E-state index >= 15 is 0 Å². The zero-order valence-corrected chi connectivity index (χ0v) is 10.2. The van der Waals surface area contributed by atoms with Gasteiger partial charge in [0.15, 0.2) is 4.90 Å². The summed E-state index contributed by atoms with van der Waals surface area (Å²) in [6.07, 6.45) is 0.775. The van der Waals surface area contributed by atoms with Crippen molar-refractivity contribution < 1.29 is 13.2 Å². The number of rotatable bonds is 4. The van der Waals surface area contributed by atoms with Gasteiger partial charge in [-0.1, -0.05) is 0 Å². The molecule has 0 fully saturated rings. The molecule has 19 heavy (non-hydrogen) atoms. The number of nitrogens with one attached hydrogen (secondary N) is 4. The van der Waals surface area contributed by atoms with Crippen LogP contribution in [0.2, 0.25) is 0 Å². The third kappa shape index (κ3) is 2.62. The molecule has 11 nitrogen and oxygen atoms in total. The second kappa shape index (κ2) is 4.56. The monoisotopic (exact) mass is 288 g/mol. The first kappa shape index (κ1) is 12.8. The molecule has 4 N–H and O–H groups in total. The van der Waals surface area contributed by atoms with Crippen LogP contribution in [0, 0.1) is 0 Å². The van der Waals surface area contributed by atoms with Crippen LogP contribution >= 0.6 is 0 Å². The number of methoxy groups -OCH3 is 1. The standard InChI is InChI=1S/C7H8N6O5S/c1-18-7-10-5(11-12-7)13-19(16,17)3-2-8-6(15)9-4(3)14/h2H,1H3,(H2,8,9,14,15)(H2,10,11,12,13). The fourth-order valence-corrected chi connectivity index (χ4v) is 2.13. The van der Waals surface area contributed by atoms with E-state index in [1.165, 1.54) is 7.11 Å². The molecule has 0 atom stereocenters. The Balaban J connectivity index is 2.37. The van der Waals surface area contributed by atoms with Crippen molar-refractivity contribution in [1.29, 1.82) is 0 Å². The topological polar surface area (TPSA) is 163 Å². The van der Waals surface area contributed by atoms with E-state index in [1.807, 2.05) is 9.71 Å². The lowest BCUT2D eigenvalue weighted by Gasteiger charge is -2.02. The van der Waals surface area contributed by atoms with Gasteiger partial charge in [0.1, 0.15) is 0 Å². The van der Waals surface area contributed by atoms with Gasteiger partial charge < -0.3 is 9.72 Å². The maximum absolute atomic E-state index is 11.8. The normalized spacial score (nSPS) is 11.2. The molecule has 0 bridgehead atoms. The van der Waals surface area contributed by atoms with Crippen LogP contribution in [0.3, 0.4) is 0 Å². The Morgan fingerprint density at radius 3 is 2.68 bits per heavy atom. The van der Waals surface area contributed by atoms with Crippen molar-refractivity contribution >= 4 is 16.0 Å². The van der Waals surface area contributed by atoms with Crippen LogP contribution in [0.1, 0.15) is 0 Å². The molecule has 0 aliphatic carbocycles. The average molecular weight is 288 g/mol. The summed E-state index contributed by atoms with van der Waals surface area (Å²) in [5.41, 5.74) is -1.87. The van der Waals surface area contributed by atoms with Gasteiger partial charge in [-0.25, -0.2) is 23.0 Å². The summed E-state index contributed by atoms with van der Waals surface area (Å²) >= 11 is 0. The highest BCUT2D eigenvalue weighted by molar-refractivity contribution is 7.92. The van der Waals surface area contributed by atoms with Gasteiger partial charge in [-0.05, 0) is 0 Å². The maximum Gasteiger partial charge on any atom is 0.336 e. The Bertz CT molecular complexity index is 802. The number of sulfonamides is 1. The quantitative estimate of drug-likeness (QED) is 0.505. The van der Waals surface area contributed by atoms with Crippen molar-refractivity contribution in [3.05, 3.63) is 27.0 Å². The van der Waals surface area contributed by atoms with E-state index in [9.17, 15) is 18.0 Å². The lowest BCUT2D eigenvalue weighted by molar-refractivity contribution is 0.382. The predicted molar refractivity (Wildman–Crippen MR) is 61.4 cm³/mol. The number of nitrogens with zero attached hydrogens (tertiary/aromatic N) is 2. The van der Waals surface area contributed by atoms with Crippen LogP contribution in [0.4, 0.5) is 5.95 Å². The first-order chi connectivity index (χ1) is 8.92. The van der Waals surface area contributed by atoms with Crippen molar-refractivity contribution in [2.75, 3.05) is 11.8 Å². The zero-order chi connectivity index (χ0) is 14.0. The number of hydrogen-bond donors (Lipinski definition) is 4. The van der Waals surface area contributed by atoms with Crippen molar-refractivity contribution in [2.45, 2.75) is 4.90 Å². The summed E-state index contributed by atoms with van der Waals surface area (Å²) in [6, 6.07) is -0.0759. The Labute approximate surface area is 105 Å². The number of ether oxygens (including phenoxy) is 1. The van der Waals surface area contributed by atoms with Gasteiger partial charge in [-0.15, -0.1) is 5.10 Å². The van der Waals surface area contributed by atoms with Crippen LogP contribution in [0.15, 0.2) is 20.7 Å². The van der Waals surface area contributed by atoms with Crippen LogP contribution in [0.25, 0.3) is 0 Å². The molecule has 2 heterocycles. The van der Waals surface area contributed by atoms with Crippen molar-refractivity contribution in [2.24, 2.45) is 0 Å². The van der Waals surface area contributed by atoms with Crippen LogP contribution < -0.4 is 20.7 Å². The summed E-state index contributed by atoms with van der Waals surface area (Å²) < 4.78 is 30.3. The van der Waals surface area contributed by atoms with Gasteiger partial charge in [0, 0.05) is 6.20 Å². The first-order valence-electron chi connectivity index (χ1n) is 4.73. The Morgan fingerprint density at radius 2 is 2.11 bits per heavy atom. The van der Waals surface area contributed by atoms with E-state index in [4.69, 9.17) is 0 Å². The summed E-state index contributed by atoms with van der Waals surface area (Å²) in [6.45, 7) is 0. The Morgan fingerprint density at radius 1 is 1.37 bits per heavy atom. The molecular formula is C7H8N6O5S. The van der Waals surface area contributed by atoms with Crippen molar-refractivity contribution in [3.63, 3.8) is 0 Å². The van der Waals surface area contributed by atoms with E-state index in [-0.39, 0.29) is 12.0 Å². The smallest absolute Gasteiger partial charge is 0.336 e. The van der Waals surface area contributed by atoms with E-state index in [1.54, 1.807) is 4.98 Å². The number of aromatic amines is 3. The fourth-order valence-electron chi connectivity index (χ4n) is 1.16. The van der Waals surface area contributed by atoms with Crippen LogP contribution in [-0.4, -0.2) is 40.7 Å². The molecule has 0 saturated heterocycles. The van der Waals surface area contributed by atoms with Crippen molar-refractivity contribution in [3.8, 4) is 6.01 Å². The average Bonchev–Trinajstić information content (AvgIpc) is 2.75. The van der Waals surface area contributed by atoms with E-state index in [0.29, 0.717) is 0 Å². The van der Waals surface area contributed by atoms with E-state index < -0.39 is 26.2 Å². The summed E-state index contributed by atoms with van der Waals surface area (Å²) in [4.78, 5) is 29.0. The minimum absolute atomic E-state index is 0.0759. The van der Waals surface area contributed by atoms with E-state index in [0.717, 1.165) is 6.20 Å². The molecule has 102 valence electrons. The number of anilines is 1. The summed E-state index contributed by atoms with van der Waals surface area (Å²) in [7, 11) is -2.91. The van der Waals surface area contributed by atoms with Gasteiger partial charge in [-0.2, -0.15) is 4.98 Å².